The number of carbonyl (C=O) groups is 1. The van der Waals surface area contributed by atoms with E-state index >= 15 is 0 Å². The van der Waals surface area contributed by atoms with Gasteiger partial charge >= 0.3 is 0 Å². The van der Waals surface area contributed by atoms with Crippen LogP contribution in [0.15, 0.2) is 24.3 Å². The molecular formula is C13H16NO2. The molecule has 0 bridgehead atoms. The minimum absolute atomic E-state index is 0.203. The normalized spacial score (nSPS) is 14.5. The van der Waals surface area contributed by atoms with Crippen LogP contribution in [0, 0.1) is 12.0 Å². The Morgan fingerprint density at radius 1 is 1.44 bits per heavy atom. The van der Waals surface area contributed by atoms with E-state index in [2.05, 4.69) is 11.4 Å². The van der Waals surface area contributed by atoms with Crippen molar-refractivity contribution in [1.29, 1.82) is 0 Å². The van der Waals surface area contributed by atoms with Crippen LogP contribution < -0.4 is 10.1 Å². The highest BCUT2D eigenvalue weighted by Crippen LogP contribution is 2.28. The van der Waals surface area contributed by atoms with Gasteiger partial charge in [-0.25, -0.2) is 0 Å². The summed E-state index contributed by atoms with van der Waals surface area (Å²) >= 11 is 0. The Morgan fingerprint density at radius 2 is 2.19 bits per heavy atom. The summed E-state index contributed by atoms with van der Waals surface area (Å²) in [5, 5.41) is 2.91. The largest absolute Gasteiger partial charge is 0.494 e. The van der Waals surface area contributed by atoms with Crippen LogP contribution in [0.25, 0.3) is 0 Å². The van der Waals surface area contributed by atoms with Gasteiger partial charge in [-0.2, -0.15) is 0 Å². The van der Waals surface area contributed by atoms with Crippen molar-refractivity contribution in [1.82, 2.24) is 5.32 Å². The highest BCUT2D eigenvalue weighted by atomic mass is 16.5. The highest BCUT2D eigenvalue weighted by Gasteiger charge is 2.28. The zero-order valence-corrected chi connectivity index (χ0v) is 9.24. The topological polar surface area (TPSA) is 38.3 Å². The molecule has 0 spiro atoms. The van der Waals surface area contributed by atoms with Gasteiger partial charge in [0.05, 0.1) is 6.61 Å². The lowest BCUT2D eigenvalue weighted by Gasteiger charge is -2.06. The van der Waals surface area contributed by atoms with Gasteiger partial charge in [0, 0.05) is 12.5 Å². The first-order valence-corrected chi connectivity index (χ1v) is 5.73. The summed E-state index contributed by atoms with van der Waals surface area (Å²) in [6.45, 7) is 1.34. The van der Waals surface area contributed by atoms with Crippen molar-refractivity contribution in [2.24, 2.45) is 5.92 Å². The predicted octanol–water partition coefficient (Wildman–Crippen LogP) is 1.78. The van der Waals surface area contributed by atoms with Gasteiger partial charge in [0.2, 0.25) is 5.91 Å². The van der Waals surface area contributed by atoms with Gasteiger partial charge in [-0.15, -0.1) is 0 Å². The van der Waals surface area contributed by atoms with Gasteiger partial charge in [-0.1, -0.05) is 12.1 Å². The maximum absolute atomic E-state index is 11.3. The molecule has 1 aromatic carbocycles. The molecule has 0 aromatic heterocycles. The number of ether oxygens (including phenoxy) is 1. The zero-order valence-electron chi connectivity index (χ0n) is 9.24. The van der Waals surface area contributed by atoms with E-state index in [1.54, 1.807) is 0 Å². The van der Waals surface area contributed by atoms with Crippen LogP contribution in [0.4, 0.5) is 0 Å². The molecule has 0 heterocycles. The fraction of sp³-hybridized carbons (Fsp3) is 0.462. The molecule has 1 aromatic rings. The first-order valence-electron chi connectivity index (χ1n) is 5.73. The van der Waals surface area contributed by atoms with Gasteiger partial charge in [-0.3, -0.25) is 4.79 Å². The lowest BCUT2D eigenvalue weighted by atomic mass is 10.3. The molecule has 1 N–H and O–H groups in total. The van der Waals surface area contributed by atoms with Crippen molar-refractivity contribution in [3.05, 3.63) is 30.3 Å². The average molecular weight is 218 g/mol. The van der Waals surface area contributed by atoms with Crippen molar-refractivity contribution in [3.8, 4) is 5.75 Å². The SMILES string of the molecule is O=C(NCCCOc1cc[c]cc1)C1CC1. The summed E-state index contributed by atoms with van der Waals surface area (Å²) in [5.74, 6) is 1.35. The molecule has 0 aliphatic heterocycles. The molecular weight excluding hydrogens is 202 g/mol. The molecule has 0 atom stereocenters. The van der Waals surface area contributed by atoms with Gasteiger partial charge in [-0.05, 0) is 37.5 Å². The predicted molar refractivity (Wildman–Crippen MR) is 61.1 cm³/mol. The van der Waals surface area contributed by atoms with Crippen molar-refractivity contribution in [2.45, 2.75) is 19.3 Å². The van der Waals surface area contributed by atoms with E-state index in [1.165, 1.54) is 0 Å². The minimum Gasteiger partial charge on any atom is -0.494 e. The summed E-state index contributed by atoms with van der Waals surface area (Å²) in [6, 6.07) is 10.3. The van der Waals surface area contributed by atoms with Gasteiger partial charge < -0.3 is 10.1 Å². The smallest absolute Gasteiger partial charge is 0.223 e. The molecule has 0 unspecified atom stereocenters. The molecule has 1 saturated carbocycles. The molecule has 1 radical (unpaired) electrons. The minimum atomic E-state index is 0.203. The molecule has 1 fully saturated rings. The maximum Gasteiger partial charge on any atom is 0.223 e. The first kappa shape index (κ1) is 11.0. The third-order valence-electron chi connectivity index (χ3n) is 2.52. The molecule has 85 valence electrons. The fourth-order valence-electron chi connectivity index (χ4n) is 1.43. The van der Waals surface area contributed by atoms with E-state index in [9.17, 15) is 4.79 Å². The average Bonchev–Trinajstić information content (AvgIpc) is 3.13. The van der Waals surface area contributed by atoms with Crippen LogP contribution in [-0.2, 0) is 4.79 Å². The van der Waals surface area contributed by atoms with E-state index < -0.39 is 0 Å². The lowest BCUT2D eigenvalue weighted by Crippen LogP contribution is -2.26. The zero-order chi connectivity index (χ0) is 11.2. The third kappa shape index (κ3) is 3.57. The second-order valence-electron chi connectivity index (χ2n) is 4.00. The van der Waals surface area contributed by atoms with E-state index in [0.717, 1.165) is 25.0 Å². The van der Waals surface area contributed by atoms with Crippen molar-refractivity contribution < 1.29 is 9.53 Å². The molecule has 1 amide bonds. The standard InChI is InChI=1S/C13H16NO2/c15-13(11-7-8-11)14-9-4-10-16-12-5-2-1-3-6-12/h2-3,5-6,11H,4,7-10H2,(H,14,15). The monoisotopic (exact) mass is 218 g/mol. The number of carbonyl (C=O) groups excluding carboxylic acids is 1. The van der Waals surface area contributed by atoms with Gasteiger partial charge in [0.1, 0.15) is 5.75 Å². The Hall–Kier alpha value is -1.51. The van der Waals surface area contributed by atoms with E-state index in [4.69, 9.17) is 4.74 Å². The Balaban J connectivity index is 1.53. The Labute approximate surface area is 95.8 Å². The molecule has 0 saturated heterocycles. The van der Waals surface area contributed by atoms with Crippen LogP contribution in [0.3, 0.4) is 0 Å². The van der Waals surface area contributed by atoms with Crippen molar-refractivity contribution in [3.63, 3.8) is 0 Å². The van der Waals surface area contributed by atoms with E-state index in [-0.39, 0.29) is 5.91 Å². The highest BCUT2D eigenvalue weighted by molar-refractivity contribution is 5.80. The summed E-state index contributed by atoms with van der Waals surface area (Å²) in [7, 11) is 0. The number of amides is 1. The van der Waals surface area contributed by atoms with Crippen LogP contribution in [0.5, 0.6) is 5.75 Å². The van der Waals surface area contributed by atoms with E-state index in [1.807, 2.05) is 24.3 Å². The Kier molecular flexibility index (Phi) is 3.81. The van der Waals surface area contributed by atoms with Gasteiger partial charge in [0.25, 0.3) is 0 Å². The number of hydrogen-bond donors (Lipinski definition) is 1. The van der Waals surface area contributed by atoms with Gasteiger partial charge in [0.15, 0.2) is 0 Å². The Bertz CT molecular complexity index is 333. The van der Waals surface area contributed by atoms with E-state index in [0.29, 0.717) is 19.1 Å². The second-order valence-corrected chi connectivity index (χ2v) is 4.00. The molecule has 1 aliphatic rings. The number of benzene rings is 1. The summed E-state index contributed by atoms with van der Waals surface area (Å²) < 4.78 is 5.49. The molecule has 3 heteroatoms. The summed E-state index contributed by atoms with van der Waals surface area (Å²) in [4.78, 5) is 11.3. The Morgan fingerprint density at radius 3 is 2.88 bits per heavy atom. The third-order valence-corrected chi connectivity index (χ3v) is 2.52. The molecule has 1 aliphatic carbocycles. The number of nitrogens with one attached hydrogen (secondary N) is 1. The van der Waals surface area contributed by atoms with Crippen molar-refractivity contribution in [2.75, 3.05) is 13.2 Å². The van der Waals surface area contributed by atoms with Crippen LogP contribution in [-0.4, -0.2) is 19.1 Å². The van der Waals surface area contributed by atoms with Crippen molar-refractivity contribution >= 4 is 5.91 Å². The second kappa shape index (κ2) is 5.54. The lowest BCUT2D eigenvalue weighted by molar-refractivity contribution is -0.122. The number of hydrogen-bond acceptors (Lipinski definition) is 2. The maximum atomic E-state index is 11.3. The fourth-order valence-corrected chi connectivity index (χ4v) is 1.43. The molecule has 16 heavy (non-hydrogen) atoms. The van der Waals surface area contributed by atoms with Crippen LogP contribution in [0.1, 0.15) is 19.3 Å². The number of rotatable bonds is 6. The van der Waals surface area contributed by atoms with Crippen LogP contribution in [0.2, 0.25) is 0 Å². The molecule has 3 nitrogen and oxygen atoms in total. The summed E-state index contributed by atoms with van der Waals surface area (Å²) in [6.07, 6.45) is 2.96. The first-order chi connectivity index (χ1) is 7.86. The quantitative estimate of drug-likeness (QED) is 0.739. The van der Waals surface area contributed by atoms with Crippen LogP contribution >= 0.6 is 0 Å². The molecule has 2 rings (SSSR count). The summed E-state index contributed by atoms with van der Waals surface area (Å²) in [5.41, 5.74) is 0.